The van der Waals surface area contributed by atoms with E-state index >= 15 is 0 Å². The zero-order chi connectivity index (χ0) is 8.27. The van der Waals surface area contributed by atoms with Crippen molar-refractivity contribution in [2.75, 3.05) is 13.1 Å². The van der Waals surface area contributed by atoms with Gasteiger partial charge in [-0.15, -0.1) is 5.01 Å². The maximum atomic E-state index is 10.3. The summed E-state index contributed by atoms with van der Waals surface area (Å²) in [5.41, 5.74) is 15.4. The van der Waals surface area contributed by atoms with Gasteiger partial charge in [-0.05, 0) is 0 Å². The second kappa shape index (κ2) is 2.89. The van der Waals surface area contributed by atoms with E-state index in [0.29, 0.717) is 13.1 Å². The number of carbonyl (C=O) groups is 1. The molecule has 1 heterocycles. The van der Waals surface area contributed by atoms with Gasteiger partial charge >= 0.3 is 12.0 Å². The van der Waals surface area contributed by atoms with Crippen molar-refractivity contribution in [1.82, 2.24) is 15.8 Å². The van der Waals surface area contributed by atoms with Crippen LogP contribution in [0, 0.1) is 0 Å². The van der Waals surface area contributed by atoms with Gasteiger partial charge in [-0.3, -0.25) is 5.32 Å². The van der Waals surface area contributed by atoms with Gasteiger partial charge in [0, 0.05) is 0 Å². The monoisotopic (exact) mass is 156 g/mol. The number of hydrogen-bond donors (Lipinski definition) is 3. The topological polar surface area (TPSA) is 107 Å². The van der Waals surface area contributed by atoms with Gasteiger partial charge in [0.15, 0.2) is 0 Å². The highest BCUT2D eigenvalue weighted by Crippen LogP contribution is 1.87. The van der Waals surface area contributed by atoms with E-state index in [0.717, 1.165) is 0 Å². The second-order valence-electron chi connectivity index (χ2n) is 1.98. The maximum Gasteiger partial charge on any atom is 0.448 e. The minimum atomic E-state index is -0.685. The molecular formula is C4H8N6O. The Bertz CT molecular complexity index is 219. The third-order valence-electron chi connectivity index (χ3n) is 1.21. The molecule has 2 amide bonds. The maximum absolute atomic E-state index is 10.3. The molecule has 0 aromatic rings. The fourth-order valence-electron chi connectivity index (χ4n) is 0.812. The fraction of sp³-hybridized carbons (Fsp3) is 0.500. The molecule has 0 aliphatic carbocycles. The summed E-state index contributed by atoms with van der Waals surface area (Å²) in [5, 5.41) is 4.04. The first-order valence-electron chi connectivity index (χ1n) is 3.03. The number of guanidine groups is 1. The summed E-state index contributed by atoms with van der Waals surface area (Å²) in [7, 11) is 0. The quantitative estimate of drug-likeness (QED) is 0.303. The van der Waals surface area contributed by atoms with E-state index < -0.39 is 6.03 Å². The summed E-state index contributed by atoms with van der Waals surface area (Å²) in [6.45, 7) is 1.14. The number of nitrogens with one attached hydrogen (secondary N) is 2. The Kier molecular flexibility index (Phi) is 1.93. The molecule has 0 aromatic heterocycles. The lowest BCUT2D eigenvalue weighted by Gasteiger charge is -2.06. The number of nitrogens with zero attached hydrogens (tertiary/aromatic N) is 3. The van der Waals surface area contributed by atoms with Crippen molar-refractivity contribution in [2.24, 2.45) is 5.73 Å². The van der Waals surface area contributed by atoms with Crippen LogP contribution in [-0.2, 0) is 0 Å². The van der Waals surface area contributed by atoms with Gasteiger partial charge in [-0.25, -0.2) is 4.79 Å². The van der Waals surface area contributed by atoms with Crippen molar-refractivity contribution in [3.8, 4) is 0 Å². The first kappa shape index (κ1) is 7.36. The van der Waals surface area contributed by atoms with Crippen LogP contribution in [0.25, 0.3) is 5.53 Å². The molecule has 7 nitrogen and oxygen atoms in total. The number of amides is 2. The first-order chi connectivity index (χ1) is 5.24. The SMILES string of the molecule is [N-]=[N+]=C1NCCN1NC(N)=O. The molecular weight excluding hydrogens is 148 g/mol. The number of rotatable bonds is 1. The molecule has 4 N–H and O–H groups in total. The highest BCUT2D eigenvalue weighted by atomic mass is 16.2. The minimum absolute atomic E-state index is 0.198. The second-order valence-corrected chi connectivity index (χ2v) is 1.98. The van der Waals surface area contributed by atoms with Gasteiger partial charge in [0.1, 0.15) is 6.54 Å². The summed E-state index contributed by atoms with van der Waals surface area (Å²) >= 11 is 0. The summed E-state index contributed by atoms with van der Waals surface area (Å²) in [5.74, 6) is 0.198. The Labute approximate surface area is 62.7 Å². The predicted octanol–water partition coefficient (Wildman–Crippen LogP) is -1.94. The van der Waals surface area contributed by atoms with Crippen LogP contribution in [0.15, 0.2) is 0 Å². The van der Waals surface area contributed by atoms with Crippen LogP contribution in [0.3, 0.4) is 0 Å². The number of urea groups is 1. The molecule has 0 spiro atoms. The van der Waals surface area contributed by atoms with E-state index in [4.69, 9.17) is 11.3 Å². The molecule has 7 heteroatoms. The Hall–Kier alpha value is -1.75. The van der Waals surface area contributed by atoms with Crippen LogP contribution in [0.5, 0.6) is 0 Å². The number of carbonyl (C=O) groups excluding carboxylic acids is 1. The van der Waals surface area contributed by atoms with Crippen LogP contribution < -0.4 is 16.5 Å². The first-order valence-corrected chi connectivity index (χ1v) is 3.03. The van der Waals surface area contributed by atoms with Crippen LogP contribution in [0.1, 0.15) is 0 Å². The van der Waals surface area contributed by atoms with Crippen LogP contribution in [0.2, 0.25) is 0 Å². The summed E-state index contributed by atoms with van der Waals surface area (Å²) < 4.78 is 0. The van der Waals surface area contributed by atoms with Crippen molar-refractivity contribution in [2.45, 2.75) is 0 Å². The van der Waals surface area contributed by atoms with E-state index in [9.17, 15) is 4.79 Å². The number of hydrazine groups is 1. The lowest BCUT2D eigenvalue weighted by atomic mass is 10.7. The van der Waals surface area contributed by atoms with Crippen molar-refractivity contribution >= 4 is 12.0 Å². The molecule has 0 aromatic carbocycles. The Morgan fingerprint density at radius 3 is 3.18 bits per heavy atom. The van der Waals surface area contributed by atoms with Gasteiger partial charge in [-0.2, -0.15) is 5.43 Å². The molecule has 60 valence electrons. The van der Waals surface area contributed by atoms with Crippen molar-refractivity contribution in [1.29, 1.82) is 0 Å². The standard InChI is InChI=1S/C4H8N6O/c5-3(11)9-10-2-1-7-4(10)8-6/h7H,1-2H2,(H3,5,9,11). The van der Waals surface area contributed by atoms with Gasteiger partial charge in [0.05, 0.1) is 6.54 Å². The average molecular weight is 156 g/mol. The largest absolute Gasteiger partial charge is 0.542 e. The number of primary amides is 1. The van der Waals surface area contributed by atoms with Crippen molar-refractivity contribution in [3.05, 3.63) is 5.53 Å². The molecule has 1 aliphatic rings. The predicted molar refractivity (Wildman–Crippen MR) is 36.1 cm³/mol. The lowest BCUT2D eigenvalue weighted by Crippen LogP contribution is -2.47. The van der Waals surface area contributed by atoms with Gasteiger partial charge in [-0.1, -0.05) is 0 Å². The zero-order valence-corrected chi connectivity index (χ0v) is 5.74. The molecule has 0 atom stereocenters. The minimum Gasteiger partial charge on any atom is -0.542 e. The van der Waals surface area contributed by atoms with Crippen molar-refractivity contribution in [3.63, 3.8) is 0 Å². The Morgan fingerprint density at radius 2 is 2.64 bits per heavy atom. The van der Waals surface area contributed by atoms with E-state index in [1.165, 1.54) is 5.01 Å². The molecule has 1 aliphatic heterocycles. The molecule has 1 rings (SSSR count). The molecule has 0 radical (unpaired) electrons. The highest BCUT2D eigenvalue weighted by molar-refractivity contribution is 5.80. The molecule has 0 saturated carbocycles. The van der Waals surface area contributed by atoms with Crippen molar-refractivity contribution < 1.29 is 9.58 Å². The highest BCUT2D eigenvalue weighted by Gasteiger charge is 2.27. The molecule has 0 unspecified atom stereocenters. The van der Waals surface area contributed by atoms with E-state index in [2.05, 4.69) is 15.5 Å². The molecule has 1 saturated heterocycles. The summed E-state index contributed by atoms with van der Waals surface area (Å²) in [4.78, 5) is 13.2. The van der Waals surface area contributed by atoms with Crippen LogP contribution in [-0.4, -0.2) is 34.9 Å². The van der Waals surface area contributed by atoms with E-state index in [1.54, 1.807) is 0 Å². The van der Waals surface area contributed by atoms with Crippen LogP contribution in [0.4, 0.5) is 4.79 Å². The number of hydrogen-bond acceptors (Lipinski definition) is 1. The van der Waals surface area contributed by atoms with Gasteiger partial charge in [0.2, 0.25) is 0 Å². The van der Waals surface area contributed by atoms with E-state index in [1.807, 2.05) is 0 Å². The van der Waals surface area contributed by atoms with Crippen LogP contribution >= 0.6 is 0 Å². The number of nitrogens with two attached hydrogens (primary N) is 1. The smallest absolute Gasteiger partial charge is 0.448 e. The third kappa shape index (κ3) is 1.59. The Balaban J connectivity index is 2.58. The molecule has 11 heavy (non-hydrogen) atoms. The van der Waals surface area contributed by atoms with Gasteiger partial charge in [0.25, 0.3) is 0 Å². The third-order valence-corrected chi connectivity index (χ3v) is 1.21. The molecule has 0 bridgehead atoms. The summed E-state index contributed by atoms with van der Waals surface area (Å²) in [6, 6.07) is -0.685. The van der Waals surface area contributed by atoms with Gasteiger partial charge < -0.3 is 16.1 Å². The fourth-order valence-corrected chi connectivity index (χ4v) is 0.812. The van der Waals surface area contributed by atoms with E-state index in [-0.39, 0.29) is 5.96 Å². The normalized spacial score (nSPS) is 15.6. The summed E-state index contributed by atoms with van der Waals surface area (Å²) in [6.07, 6.45) is 0. The Morgan fingerprint density at radius 1 is 1.91 bits per heavy atom. The lowest BCUT2D eigenvalue weighted by molar-refractivity contribution is -0.0275. The molecule has 1 fully saturated rings. The average Bonchev–Trinajstić information content (AvgIpc) is 2.34. The zero-order valence-electron chi connectivity index (χ0n) is 5.74.